The molecular weight excluding hydrogens is 352 g/mol. The Labute approximate surface area is 156 Å². The Morgan fingerprint density at radius 3 is 2.35 bits per heavy atom. The van der Waals surface area contributed by atoms with Gasteiger partial charge in [0.25, 0.3) is 5.91 Å². The zero-order chi connectivity index (χ0) is 20.2. The summed E-state index contributed by atoms with van der Waals surface area (Å²) < 4.78 is 27.4. The molecule has 1 heterocycles. The first kappa shape index (κ1) is 23.6. The molecule has 0 saturated carbocycles. The fourth-order valence-electron chi connectivity index (χ4n) is 1.84. The molecule has 0 bridgehead atoms. The van der Waals surface area contributed by atoms with E-state index in [0.717, 1.165) is 17.4 Å². The summed E-state index contributed by atoms with van der Waals surface area (Å²) in [6, 6.07) is 8.33. The number of aromatic nitrogens is 1. The molecule has 0 spiro atoms. The second-order valence-electron chi connectivity index (χ2n) is 4.83. The third kappa shape index (κ3) is 8.62. The van der Waals surface area contributed by atoms with Gasteiger partial charge >= 0.3 is 10.1 Å². The molecular formula is C19H28N2O4S. The Morgan fingerprint density at radius 2 is 1.81 bits per heavy atom. The standard InChI is InChI=1S/C15H16N2O4S.2C2H6/c1-11-5-6-14(21-22(2,19)20)13(8-11)15(18)17-10-12-4-3-7-16-9-12;2*1-2/h3-9H,10H2,1-2H3,(H,17,18);2*1-2H3. The molecule has 0 radical (unpaired) electrons. The van der Waals surface area contributed by atoms with E-state index in [1.165, 1.54) is 6.07 Å². The predicted octanol–water partition coefficient (Wildman–Crippen LogP) is 3.71. The number of pyridine rings is 1. The molecule has 1 N–H and O–H groups in total. The number of rotatable bonds is 5. The molecule has 0 fully saturated rings. The van der Waals surface area contributed by atoms with Crippen molar-refractivity contribution < 1.29 is 17.4 Å². The zero-order valence-electron chi connectivity index (χ0n) is 16.2. The zero-order valence-corrected chi connectivity index (χ0v) is 17.1. The Kier molecular flexibility index (Phi) is 10.9. The molecule has 0 saturated heterocycles. The number of nitrogens with one attached hydrogen (secondary N) is 1. The lowest BCUT2D eigenvalue weighted by atomic mass is 10.1. The summed E-state index contributed by atoms with van der Waals surface area (Å²) in [5.74, 6) is -0.400. The molecule has 0 atom stereocenters. The molecule has 0 aliphatic rings. The summed E-state index contributed by atoms with van der Waals surface area (Å²) in [6.45, 7) is 10.1. The number of amides is 1. The van der Waals surface area contributed by atoms with Crippen LogP contribution in [0.15, 0.2) is 42.7 Å². The predicted molar refractivity (Wildman–Crippen MR) is 105 cm³/mol. The Balaban J connectivity index is 0.00000146. The van der Waals surface area contributed by atoms with Crippen molar-refractivity contribution in [3.8, 4) is 5.75 Å². The average molecular weight is 381 g/mol. The molecule has 7 heteroatoms. The monoisotopic (exact) mass is 380 g/mol. The molecule has 2 aromatic rings. The van der Waals surface area contributed by atoms with Gasteiger partial charge in [-0.3, -0.25) is 9.78 Å². The number of carbonyl (C=O) groups is 1. The van der Waals surface area contributed by atoms with Crippen LogP contribution in [0, 0.1) is 6.92 Å². The maximum absolute atomic E-state index is 12.3. The van der Waals surface area contributed by atoms with E-state index in [9.17, 15) is 13.2 Å². The van der Waals surface area contributed by atoms with Gasteiger partial charge in [0.15, 0.2) is 5.75 Å². The maximum Gasteiger partial charge on any atom is 0.306 e. The largest absolute Gasteiger partial charge is 0.382 e. The highest BCUT2D eigenvalue weighted by Crippen LogP contribution is 2.21. The van der Waals surface area contributed by atoms with Crippen molar-refractivity contribution in [2.45, 2.75) is 41.2 Å². The number of hydrogen-bond acceptors (Lipinski definition) is 5. The minimum Gasteiger partial charge on any atom is -0.382 e. The summed E-state index contributed by atoms with van der Waals surface area (Å²) in [7, 11) is -3.70. The summed E-state index contributed by atoms with van der Waals surface area (Å²) >= 11 is 0. The Morgan fingerprint density at radius 1 is 1.15 bits per heavy atom. The third-order valence-electron chi connectivity index (χ3n) is 2.80. The Bertz CT molecular complexity index is 775. The van der Waals surface area contributed by atoms with Crippen LogP contribution in [0.25, 0.3) is 0 Å². The van der Waals surface area contributed by atoms with Crippen molar-refractivity contribution in [1.82, 2.24) is 10.3 Å². The fraction of sp³-hybridized carbons (Fsp3) is 0.368. The van der Waals surface area contributed by atoms with Crippen molar-refractivity contribution >= 4 is 16.0 Å². The van der Waals surface area contributed by atoms with E-state index in [-0.39, 0.29) is 11.3 Å². The van der Waals surface area contributed by atoms with Crippen molar-refractivity contribution in [2.24, 2.45) is 0 Å². The summed E-state index contributed by atoms with van der Waals surface area (Å²) in [6.07, 6.45) is 4.22. The van der Waals surface area contributed by atoms with Crippen LogP contribution >= 0.6 is 0 Å². The highest BCUT2D eigenvalue weighted by molar-refractivity contribution is 7.86. The molecule has 144 valence electrons. The quantitative estimate of drug-likeness (QED) is 0.799. The number of hydrogen-bond donors (Lipinski definition) is 1. The Hall–Kier alpha value is -2.41. The van der Waals surface area contributed by atoms with Crippen LogP contribution in [0.4, 0.5) is 0 Å². The van der Waals surface area contributed by atoms with Crippen molar-refractivity contribution in [2.75, 3.05) is 6.26 Å². The van der Waals surface area contributed by atoms with Gasteiger partial charge in [-0.1, -0.05) is 45.4 Å². The average Bonchev–Trinajstić information content (AvgIpc) is 2.64. The molecule has 0 aliphatic heterocycles. The minimum absolute atomic E-state index is 0.0109. The lowest BCUT2D eigenvalue weighted by molar-refractivity contribution is 0.0949. The van der Waals surface area contributed by atoms with E-state index in [0.29, 0.717) is 6.54 Å². The van der Waals surface area contributed by atoms with E-state index in [1.54, 1.807) is 30.6 Å². The van der Waals surface area contributed by atoms with Crippen molar-refractivity contribution in [1.29, 1.82) is 0 Å². The first-order valence-corrected chi connectivity index (χ1v) is 10.3. The van der Waals surface area contributed by atoms with Crippen molar-refractivity contribution in [3.05, 3.63) is 59.4 Å². The highest BCUT2D eigenvalue weighted by Gasteiger charge is 2.16. The van der Waals surface area contributed by atoms with Gasteiger partial charge in [-0.15, -0.1) is 0 Å². The molecule has 1 aromatic carbocycles. The fourth-order valence-corrected chi connectivity index (χ4v) is 2.31. The smallest absolute Gasteiger partial charge is 0.306 e. The van der Waals surface area contributed by atoms with Crippen LogP contribution in [0.3, 0.4) is 0 Å². The molecule has 1 aromatic heterocycles. The van der Waals surface area contributed by atoms with Gasteiger partial charge in [-0.05, 0) is 30.7 Å². The molecule has 0 aliphatic carbocycles. The van der Waals surface area contributed by atoms with Gasteiger partial charge in [0.1, 0.15) is 0 Å². The van der Waals surface area contributed by atoms with Crippen LogP contribution in [0.5, 0.6) is 5.75 Å². The van der Waals surface area contributed by atoms with Crippen LogP contribution in [0.1, 0.15) is 49.2 Å². The van der Waals surface area contributed by atoms with E-state index >= 15 is 0 Å². The second kappa shape index (κ2) is 12.0. The second-order valence-corrected chi connectivity index (χ2v) is 6.41. The van der Waals surface area contributed by atoms with Gasteiger partial charge in [0.2, 0.25) is 0 Å². The van der Waals surface area contributed by atoms with E-state index in [1.807, 2.05) is 40.7 Å². The molecule has 26 heavy (non-hydrogen) atoms. The topological polar surface area (TPSA) is 85.4 Å². The number of benzene rings is 1. The lowest BCUT2D eigenvalue weighted by Crippen LogP contribution is -2.24. The first-order valence-electron chi connectivity index (χ1n) is 8.52. The van der Waals surface area contributed by atoms with Crippen LogP contribution in [-0.4, -0.2) is 25.6 Å². The number of aryl methyl sites for hydroxylation is 1. The van der Waals surface area contributed by atoms with E-state index < -0.39 is 16.0 Å². The van der Waals surface area contributed by atoms with Crippen LogP contribution < -0.4 is 9.50 Å². The molecule has 1 amide bonds. The van der Waals surface area contributed by atoms with Gasteiger partial charge in [-0.2, -0.15) is 8.42 Å². The lowest BCUT2D eigenvalue weighted by Gasteiger charge is -2.11. The normalized spacial score (nSPS) is 9.77. The van der Waals surface area contributed by atoms with Gasteiger partial charge in [0, 0.05) is 18.9 Å². The molecule has 0 unspecified atom stereocenters. The van der Waals surface area contributed by atoms with Crippen LogP contribution in [-0.2, 0) is 16.7 Å². The summed E-state index contributed by atoms with van der Waals surface area (Å²) in [4.78, 5) is 16.2. The summed E-state index contributed by atoms with van der Waals surface area (Å²) in [5, 5.41) is 2.71. The van der Waals surface area contributed by atoms with E-state index in [4.69, 9.17) is 4.18 Å². The highest BCUT2D eigenvalue weighted by atomic mass is 32.2. The van der Waals surface area contributed by atoms with Gasteiger partial charge in [0.05, 0.1) is 11.8 Å². The SMILES string of the molecule is CC.CC.Cc1ccc(OS(C)(=O)=O)c(C(=O)NCc2cccnc2)c1. The van der Waals surface area contributed by atoms with Crippen LogP contribution in [0.2, 0.25) is 0 Å². The maximum atomic E-state index is 12.3. The molecule has 2 rings (SSSR count). The summed E-state index contributed by atoms with van der Waals surface area (Å²) in [5.41, 5.74) is 1.84. The van der Waals surface area contributed by atoms with E-state index in [2.05, 4.69) is 10.3 Å². The molecule has 6 nitrogen and oxygen atoms in total. The van der Waals surface area contributed by atoms with Gasteiger partial charge < -0.3 is 9.50 Å². The number of carbonyl (C=O) groups excluding carboxylic acids is 1. The first-order chi connectivity index (χ1) is 12.3. The minimum atomic E-state index is -3.70. The number of nitrogens with zero attached hydrogens (tertiary/aromatic N) is 1. The van der Waals surface area contributed by atoms with Crippen molar-refractivity contribution in [3.63, 3.8) is 0 Å². The van der Waals surface area contributed by atoms with Gasteiger partial charge in [-0.25, -0.2) is 0 Å². The third-order valence-corrected chi connectivity index (χ3v) is 3.28.